The summed E-state index contributed by atoms with van der Waals surface area (Å²) in [5.74, 6) is 0.714. The van der Waals surface area contributed by atoms with Gasteiger partial charge in [-0.2, -0.15) is 14.8 Å². The second-order valence-corrected chi connectivity index (χ2v) is 9.74. The molecule has 0 aromatic carbocycles. The van der Waals surface area contributed by atoms with E-state index in [0.29, 0.717) is 36.7 Å². The molecule has 0 saturated carbocycles. The van der Waals surface area contributed by atoms with Crippen molar-refractivity contribution in [1.29, 1.82) is 0 Å². The van der Waals surface area contributed by atoms with Crippen LogP contribution in [-0.4, -0.2) is 106 Å². The minimum atomic E-state index is -1.31. The zero-order valence-electron chi connectivity index (χ0n) is 21.2. The molecule has 212 valence electrons. The lowest BCUT2D eigenvalue weighted by atomic mass is 10.1. The molecule has 6 rings (SSSR count). The molecule has 3 aliphatic heterocycles. The lowest BCUT2D eigenvalue weighted by Gasteiger charge is -2.20. The molecule has 18 heteroatoms. The first-order valence-corrected chi connectivity index (χ1v) is 12.7. The van der Waals surface area contributed by atoms with Crippen LogP contribution < -0.4 is 26.6 Å². The fourth-order valence-corrected chi connectivity index (χ4v) is 5.11. The van der Waals surface area contributed by atoms with Crippen molar-refractivity contribution in [1.82, 2.24) is 55.7 Å². The molecule has 3 fully saturated rings. The molecule has 6 heterocycles. The minimum absolute atomic E-state index is 0. The number of hydrogen-bond donors (Lipinski definition) is 6. The number of tetrazole rings is 1. The largest absolute Gasteiger partial charge is 0.387 e. The molecule has 17 nitrogen and oxygen atoms in total. The number of rotatable bonds is 6. The Morgan fingerprint density at radius 2 is 2.05 bits per heavy atom. The fourth-order valence-electron chi connectivity index (χ4n) is 5.11. The lowest BCUT2D eigenvalue weighted by molar-refractivity contribution is -0.0384. The second-order valence-electron chi connectivity index (χ2n) is 9.74. The Bertz CT molecular complexity index is 1310. The van der Waals surface area contributed by atoms with E-state index < -0.39 is 24.5 Å². The Kier molecular flexibility index (Phi) is 7.68. The predicted octanol–water partition coefficient (Wildman–Crippen LogP) is -1.93. The lowest BCUT2D eigenvalue weighted by Crippen LogP contribution is -2.47. The summed E-state index contributed by atoms with van der Waals surface area (Å²) in [4.78, 5) is 29.1. The van der Waals surface area contributed by atoms with Crippen molar-refractivity contribution in [2.24, 2.45) is 0 Å². The number of aliphatic hydroxyl groups is 2. The van der Waals surface area contributed by atoms with Gasteiger partial charge in [0.15, 0.2) is 23.8 Å². The molecule has 3 aromatic heterocycles. The normalized spacial score (nSPS) is 28.6. The molecule has 3 aromatic rings. The van der Waals surface area contributed by atoms with Crippen molar-refractivity contribution in [2.75, 3.05) is 36.8 Å². The number of halogens is 1. The monoisotopic (exact) mass is 565 g/mol. The zero-order valence-corrected chi connectivity index (χ0v) is 22.0. The second kappa shape index (κ2) is 11.0. The van der Waals surface area contributed by atoms with Crippen LogP contribution in [0.3, 0.4) is 0 Å². The van der Waals surface area contributed by atoms with Crippen LogP contribution in [-0.2, 0) is 11.3 Å². The fraction of sp³-hybridized carbons (Fsp3) is 0.667. The van der Waals surface area contributed by atoms with Gasteiger partial charge < -0.3 is 41.5 Å². The van der Waals surface area contributed by atoms with E-state index >= 15 is 0 Å². The Labute approximate surface area is 228 Å². The van der Waals surface area contributed by atoms with Crippen molar-refractivity contribution in [3.05, 3.63) is 12.2 Å². The number of hydrogen-bond acceptors (Lipinski definition) is 13. The number of nitrogens with zero attached hydrogens (tertiary/aromatic N) is 9. The predicted molar refractivity (Wildman–Crippen MR) is 139 cm³/mol. The maximum Gasteiger partial charge on any atom is 0.315 e. The van der Waals surface area contributed by atoms with Gasteiger partial charge in [0.05, 0.1) is 12.9 Å². The topological polar surface area (TPSA) is 219 Å². The molecular formula is C21H32ClN13O4. The van der Waals surface area contributed by atoms with Crippen LogP contribution in [0.4, 0.5) is 16.6 Å². The van der Waals surface area contributed by atoms with Crippen LogP contribution in [0.2, 0.25) is 0 Å². The third-order valence-corrected chi connectivity index (χ3v) is 7.16. The summed E-state index contributed by atoms with van der Waals surface area (Å²) in [5.41, 5.74) is 6.91. The Hall–Kier alpha value is -3.38. The number of aromatic nitrogens is 8. The Balaban J connectivity index is 0.00000308. The number of carbonyl (C=O) groups is 1. The van der Waals surface area contributed by atoms with Crippen molar-refractivity contribution in [3.8, 4) is 0 Å². The van der Waals surface area contributed by atoms with E-state index in [-0.39, 0.29) is 42.2 Å². The van der Waals surface area contributed by atoms with Gasteiger partial charge >= 0.3 is 6.03 Å². The van der Waals surface area contributed by atoms with Gasteiger partial charge in [-0.1, -0.05) is 0 Å². The Morgan fingerprint density at radius 3 is 2.79 bits per heavy atom. The van der Waals surface area contributed by atoms with Crippen LogP contribution in [0.15, 0.2) is 6.33 Å². The van der Waals surface area contributed by atoms with Crippen molar-refractivity contribution in [2.45, 2.75) is 62.9 Å². The maximum atomic E-state index is 12.4. The summed E-state index contributed by atoms with van der Waals surface area (Å²) in [5, 5.41) is 42.8. The van der Waals surface area contributed by atoms with Gasteiger partial charge in [0.1, 0.15) is 17.7 Å². The number of urea groups is 1. The van der Waals surface area contributed by atoms with E-state index in [0.717, 1.165) is 25.9 Å². The number of imidazole rings is 1. The van der Waals surface area contributed by atoms with E-state index in [1.807, 2.05) is 11.8 Å². The SMILES string of the molecule is CCn1nnc([C@H]2O[C@@H](n3cnc4c(N)nc(N5CC[C@@H](NC(=O)NC6CCNC6)C5)nc43)[C@@H](O)[C@@H]2O)n1.Cl. The smallest absolute Gasteiger partial charge is 0.315 e. The van der Waals surface area contributed by atoms with Gasteiger partial charge in [0.2, 0.25) is 11.8 Å². The van der Waals surface area contributed by atoms with E-state index in [1.54, 1.807) is 0 Å². The molecule has 7 N–H and O–H groups in total. The molecule has 3 saturated heterocycles. The summed E-state index contributed by atoms with van der Waals surface area (Å²) in [6.07, 6.45) is -1.52. The molecule has 0 bridgehead atoms. The number of nitrogens with one attached hydrogen (secondary N) is 3. The highest BCUT2D eigenvalue weighted by atomic mass is 35.5. The van der Waals surface area contributed by atoms with Crippen molar-refractivity contribution < 1.29 is 19.7 Å². The third kappa shape index (κ3) is 5.14. The number of nitrogen functional groups attached to an aromatic ring is 1. The van der Waals surface area contributed by atoms with Crippen molar-refractivity contribution >= 4 is 41.4 Å². The van der Waals surface area contributed by atoms with Crippen LogP contribution in [0.5, 0.6) is 0 Å². The summed E-state index contributed by atoms with van der Waals surface area (Å²) >= 11 is 0. The summed E-state index contributed by atoms with van der Waals surface area (Å²) in [7, 11) is 0. The number of fused-ring (bicyclic) bond motifs is 1. The van der Waals surface area contributed by atoms with Gasteiger partial charge in [0.25, 0.3) is 0 Å². The molecule has 1 unspecified atom stereocenters. The summed E-state index contributed by atoms with van der Waals surface area (Å²) in [6.45, 7) is 5.17. The number of aryl methyl sites for hydroxylation is 1. The highest BCUT2D eigenvalue weighted by Gasteiger charge is 2.47. The number of aliphatic hydroxyl groups excluding tert-OH is 2. The van der Waals surface area contributed by atoms with Gasteiger partial charge in [-0.15, -0.1) is 22.6 Å². The standard InChI is InChI=1S/C21H31N13O4.ClH/c1-2-34-30-17(29-31-34)15-13(35)14(36)19(38-15)33-9-24-12-16(22)27-20(28-18(12)33)32-6-4-11(8-32)26-21(37)25-10-3-5-23-7-10;/h9-11,13-15,19,23,35-36H,2-8H2,1H3,(H2,22,27,28)(H2,25,26,37);1H/t10?,11-,13+,14+,15+,19-;/m1./s1. The molecule has 0 spiro atoms. The number of anilines is 2. The first kappa shape index (κ1) is 27.2. The Morgan fingerprint density at radius 1 is 1.23 bits per heavy atom. The van der Waals surface area contributed by atoms with Crippen LogP contribution >= 0.6 is 12.4 Å². The average Bonchev–Trinajstić information content (AvgIpc) is 3.72. The minimum Gasteiger partial charge on any atom is -0.387 e. The van der Waals surface area contributed by atoms with Gasteiger partial charge in [-0.3, -0.25) is 4.57 Å². The van der Waals surface area contributed by atoms with E-state index in [4.69, 9.17) is 10.5 Å². The quantitative estimate of drug-likeness (QED) is 0.192. The molecule has 0 aliphatic carbocycles. The van der Waals surface area contributed by atoms with Gasteiger partial charge in [0, 0.05) is 31.7 Å². The first-order valence-electron chi connectivity index (χ1n) is 12.7. The van der Waals surface area contributed by atoms with Gasteiger partial charge in [-0.05, 0) is 31.5 Å². The summed E-state index contributed by atoms with van der Waals surface area (Å²) < 4.78 is 7.49. The number of carbonyl (C=O) groups excluding carboxylic acids is 1. The number of ether oxygens (including phenoxy) is 1. The molecule has 39 heavy (non-hydrogen) atoms. The molecule has 6 atom stereocenters. The molecular weight excluding hydrogens is 534 g/mol. The van der Waals surface area contributed by atoms with E-state index in [9.17, 15) is 15.0 Å². The van der Waals surface area contributed by atoms with Crippen LogP contribution in [0, 0.1) is 0 Å². The molecule has 0 radical (unpaired) electrons. The zero-order chi connectivity index (χ0) is 26.4. The van der Waals surface area contributed by atoms with Gasteiger partial charge in [-0.25, -0.2) is 9.78 Å². The van der Waals surface area contributed by atoms with Crippen LogP contribution in [0.25, 0.3) is 11.2 Å². The first-order chi connectivity index (χ1) is 18.4. The number of amides is 2. The molecule has 2 amide bonds. The highest BCUT2D eigenvalue weighted by Crippen LogP contribution is 2.39. The van der Waals surface area contributed by atoms with E-state index in [2.05, 4.69) is 46.3 Å². The molecule has 3 aliphatic rings. The number of nitrogens with two attached hydrogens (primary N) is 1. The summed E-state index contributed by atoms with van der Waals surface area (Å²) in [6, 6.07) is -0.123. The maximum absolute atomic E-state index is 12.4. The average molecular weight is 566 g/mol. The highest BCUT2D eigenvalue weighted by molar-refractivity contribution is 5.85. The third-order valence-electron chi connectivity index (χ3n) is 7.16. The van der Waals surface area contributed by atoms with Crippen LogP contribution in [0.1, 0.15) is 37.9 Å². The van der Waals surface area contributed by atoms with Crippen molar-refractivity contribution in [3.63, 3.8) is 0 Å². The van der Waals surface area contributed by atoms with E-state index in [1.165, 1.54) is 15.7 Å².